The molecular weight excluding hydrogens is 524 g/mol. The van der Waals surface area contributed by atoms with E-state index < -0.39 is 0 Å². The van der Waals surface area contributed by atoms with Crippen LogP contribution in [-0.4, -0.2) is 5.97 Å². The number of esters is 1. The third-order valence-electron chi connectivity index (χ3n) is 8.13. The van der Waals surface area contributed by atoms with Gasteiger partial charge in [-0.2, -0.15) is 0 Å². The van der Waals surface area contributed by atoms with Gasteiger partial charge in [0.15, 0.2) is 0 Å². The third-order valence-corrected chi connectivity index (χ3v) is 8.13. The molecule has 0 saturated carbocycles. The molecule has 0 N–H and O–H groups in total. The zero-order valence-electron chi connectivity index (χ0n) is 28.4. The predicted molar refractivity (Wildman–Crippen MR) is 184 cm³/mol. The molecule has 0 heterocycles. The van der Waals surface area contributed by atoms with Crippen LogP contribution in [0.2, 0.25) is 0 Å². The first-order valence-corrected chi connectivity index (χ1v) is 15.5. The summed E-state index contributed by atoms with van der Waals surface area (Å²) < 4.78 is 6.26. The Balaban J connectivity index is 1.93. The van der Waals surface area contributed by atoms with Crippen molar-refractivity contribution in [2.24, 2.45) is 0 Å². The summed E-state index contributed by atoms with van der Waals surface area (Å²) in [6.45, 7) is 26.5. The summed E-state index contributed by atoms with van der Waals surface area (Å²) in [4.78, 5) is 14.0. The van der Waals surface area contributed by atoms with E-state index in [-0.39, 0.29) is 27.6 Å². The summed E-state index contributed by atoms with van der Waals surface area (Å²) in [5.41, 5.74) is 9.21. The normalized spacial score (nSPS) is 12.7. The molecule has 4 rings (SSSR count). The largest absolute Gasteiger partial charge is 0.423 e. The van der Waals surface area contributed by atoms with E-state index in [1.807, 2.05) is 6.07 Å². The highest BCUT2D eigenvalue weighted by Gasteiger charge is 2.31. The van der Waals surface area contributed by atoms with Gasteiger partial charge < -0.3 is 4.74 Å². The second-order valence-corrected chi connectivity index (χ2v) is 16.0. The van der Waals surface area contributed by atoms with Crippen LogP contribution in [0.5, 0.6) is 5.75 Å². The van der Waals surface area contributed by atoms with Crippen molar-refractivity contribution in [3.63, 3.8) is 0 Å². The molecule has 0 unspecified atom stereocenters. The minimum atomic E-state index is -0.326. The molecule has 0 atom stereocenters. The van der Waals surface area contributed by atoms with Crippen LogP contribution in [0, 0.1) is 0 Å². The molecule has 2 nitrogen and oxygen atoms in total. The van der Waals surface area contributed by atoms with Crippen molar-refractivity contribution >= 4 is 5.97 Å². The van der Waals surface area contributed by atoms with Crippen LogP contribution in [0.25, 0.3) is 22.3 Å². The highest BCUT2D eigenvalue weighted by Crippen LogP contribution is 2.45. The molecule has 0 aliphatic heterocycles. The van der Waals surface area contributed by atoms with Crippen molar-refractivity contribution in [2.45, 2.75) is 105 Å². The quantitative estimate of drug-likeness (QED) is 0.179. The van der Waals surface area contributed by atoms with E-state index in [0.29, 0.717) is 11.3 Å². The summed E-state index contributed by atoms with van der Waals surface area (Å²) in [5, 5.41) is 0. The fraction of sp³-hybridized carbons (Fsp3) is 0.390. The second-order valence-electron chi connectivity index (χ2n) is 16.0. The average molecular weight is 575 g/mol. The van der Waals surface area contributed by atoms with Crippen molar-refractivity contribution in [3.8, 4) is 28.0 Å². The Morgan fingerprint density at radius 1 is 0.512 bits per heavy atom. The second kappa shape index (κ2) is 11.5. The van der Waals surface area contributed by atoms with Crippen LogP contribution < -0.4 is 4.74 Å². The van der Waals surface area contributed by atoms with Crippen LogP contribution in [-0.2, 0) is 21.7 Å². The summed E-state index contributed by atoms with van der Waals surface area (Å²) in [6, 6.07) is 29.6. The van der Waals surface area contributed by atoms with Crippen LogP contribution in [0.3, 0.4) is 0 Å². The van der Waals surface area contributed by atoms with Gasteiger partial charge in [0.2, 0.25) is 0 Å². The number of benzene rings is 4. The molecular formula is C41H50O2. The first-order chi connectivity index (χ1) is 19.8. The molecule has 43 heavy (non-hydrogen) atoms. The molecule has 0 spiro atoms. The van der Waals surface area contributed by atoms with Gasteiger partial charge in [0, 0.05) is 5.56 Å². The Hall–Kier alpha value is -3.65. The fourth-order valence-corrected chi connectivity index (χ4v) is 5.63. The van der Waals surface area contributed by atoms with Crippen molar-refractivity contribution < 1.29 is 9.53 Å². The van der Waals surface area contributed by atoms with Gasteiger partial charge in [-0.1, -0.05) is 150 Å². The standard InChI is InChI=1S/C41H50O2/c1-38(2,3)29-22-23-35(32(26-29)39(4,5)6)43-37(42)28-24-33(40(7,8)9)36(34(25-28)41(10,11)12)31-21-17-16-20-30(31)27-18-14-13-15-19-27/h13-26H,1-12H3. The summed E-state index contributed by atoms with van der Waals surface area (Å²) in [6.07, 6.45) is 0. The highest BCUT2D eigenvalue weighted by molar-refractivity contribution is 5.95. The molecule has 2 heteroatoms. The minimum absolute atomic E-state index is 0.00235. The number of hydrogen-bond donors (Lipinski definition) is 0. The summed E-state index contributed by atoms with van der Waals surface area (Å²) in [7, 11) is 0. The van der Waals surface area contributed by atoms with Gasteiger partial charge in [-0.25, -0.2) is 4.79 Å². The molecule has 4 aromatic rings. The van der Waals surface area contributed by atoms with E-state index in [9.17, 15) is 4.79 Å². The van der Waals surface area contributed by atoms with E-state index in [1.54, 1.807) is 0 Å². The number of rotatable bonds is 4. The Labute approximate surface area is 260 Å². The van der Waals surface area contributed by atoms with Gasteiger partial charge >= 0.3 is 5.97 Å². The van der Waals surface area contributed by atoms with Crippen LogP contribution >= 0.6 is 0 Å². The van der Waals surface area contributed by atoms with Gasteiger partial charge in [0.05, 0.1) is 5.56 Å². The lowest BCUT2D eigenvalue weighted by Gasteiger charge is -2.32. The molecule has 0 fully saturated rings. The number of carbonyl (C=O) groups is 1. The first-order valence-electron chi connectivity index (χ1n) is 15.5. The molecule has 4 aromatic carbocycles. The number of carbonyl (C=O) groups excluding carboxylic acids is 1. The van der Waals surface area contributed by atoms with E-state index in [2.05, 4.69) is 162 Å². The smallest absolute Gasteiger partial charge is 0.343 e. The third kappa shape index (κ3) is 7.12. The maximum Gasteiger partial charge on any atom is 0.343 e. The lowest BCUT2D eigenvalue weighted by atomic mass is 9.72. The SMILES string of the molecule is CC(C)(C)c1ccc(OC(=O)c2cc(C(C)(C)C)c(-c3ccccc3-c3ccccc3)c(C(C)(C)C)c2)c(C(C)(C)C)c1. The van der Waals surface area contributed by atoms with Crippen molar-refractivity contribution in [2.75, 3.05) is 0 Å². The van der Waals surface area contributed by atoms with E-state index >= 15 is 0 Å². The zero-order chi connectivity index (χ0) is 32.0. The summed E-state index contributed by atoms with van der Waals surface area (Å²) >= 11 is 0. The predicted octanol–water partition coefficient (Wildman–Crippen LogP) is 11.4. The first kappa shape index (κ1) is 32.3. The Morgan fingerprint density at radius 3 is 1.49 bits per heavy atom. The number of hydrogen-bond acceptors (Lipinski definition) is 2. The molecule has 0 amide bonds. The van der Waals surface area contributed by atoms with Gasteiger partial charge in [-0.3, -0.25) is 0 Å². The Kier molecular flexibility index (Phi) is 8.59. The molecule has 0 bridgehead atoms. The van der Waals surface area contributed by atoms with Crippen molar-refractivity contribution in [1.82, 2.24) is 0 Å². The summed E-state index contributed by atoms with van der Waals surface area (Å²) in [5.74, 6) is 0.298. The molecule has 226 valence electrons. The number of ether oxygens (including phenoxy) is 1. The minimum Gasteiger partial charge on any atom is -0.423 e. The fourth-order valence-electron chi connectivity index (χ4n) is 5.63. The van der Waals surface area contributed by atoms with Crippen LogP contribution in [0.4, 0.5) is 0 Å². The maximum atomic E-state index is 14.0. The zero-order valence-corrected chi connectivity index (χ0v) is 28.4. The van der Waals surface area contributed by atoms with Gasteiger partial charge in [-0.05, 0) is 78.8 Å². The maximum absolute atomic E-state index is 14.0. The van der Waals surface area contributed by atoms with Gasteiger partial charge in [0.1, 0.15) is 5.75 Å². The van der Waals surface area contributed by atoms with Crippen LogP contribution in [0.1, 0.15) is 116 Å². The van der Waals surface area contributed by atoms with Gasteiger partial charge in [-0.15, -0.1) is 0 Å². The van der Waals surface area contributed by atoms with E-state index in [4.69, 9.17) is 4.74 Å². The van der Waals surface area contributed by atoms with Crippen LogP contribution in [0.15, 0.2) is 84.9 Å². The molecule has 0 aliphatic carbocycles. The van der Waals surface area contributed by atoms with E-state index in [1.165, 1.54) is 27.8 Å². The topological polar surface area (TPSA) is 26.3 Å². The molecule has 0 aromatic heterocycles. The highest BCUT2D eigenvalue weighted by atomic mass is 16.5. The average Bonchev–Trinajstić information content (AvgIpc) is 2.91. The molecule has 0 aliphatic rings. The molecule has 0 saturated heterocycles. The lowest BCUT2D eigenvalue weighted by molar-refractivity contribution is 0.0731. The van der Waals surface area contributed by atoms with Crippen molar-refractivity contribution in [3.05, 3.63) is 113 Å². The van der Waals surface area contributed by atoms with Gasteiger partial charge in [0.25, 0.3) is 0 Å². The molecule has 0 radical (unpaired) electrons. The Morgan fingerprint density at radius 2 is 1.00 bits per heavy atom. The van der Waals surface area contributed by atoms with Crippen molar-refractivity contribution in [1.29, 1.82) is 0 Å². The Bertz CT molecular complexity index is 1580. The monoisotopic (exact) mass is 574 g/mol. The lowest BCUT2D eigenvalue weighted by Crippen LogP contribution is -2.23. The van der Waals surface area contributed by atoms with E-state index in [0.717, 1.165) is 16.7 Å².